The van der Waals surface area contributed by atoms with Crippen LogP contribution in [0.3, 0.4) is 0 Å². The molecule has 17 heavy (non-hydrogen) atoms. The van der Waals surface area contributed by atoms with Gasteiger partial charge < -0.3 is 0 Å². The number of benzene rings is 1. The number of hydrogen-bond donors (Lipinski definition) is 2. The molecule has 94 valence electrons. The molecule has 3 N–H and O–H groups in total. The Morgan fingerprint density at radius 1 is 1.53 bits per heavy atom. The summed E-state index contributed by atoms with van der Waals surface area (Å²) in [5.41, 5.74) is 5.41. The standard InChI is InChI=1S/C14H22N2S/c1-4-11(2)8-13(16-15)10-17-14-7-5-6-12(3)9-14/h5-7,9,13,16H,2,4,8,10,15H2,1,3H3. The zero-order chi connectivity index (χ0) is 12.7. The van der Waals surface area contributed by atoms with Gasteiger partial charge in [-0.2, -0.15) is 0 Å². The highest BCUT2D eigenvalue weighted by Crippen LogP contribution is 2.21. The van der Waals surface area contributed by atoms with Crippen molar-refractivity contribution in [2.75, 3.05) is 5.75 Å². The topological polar surface area (TPSA) is 38.0 Å². The highest BCUT2D eigenvalue weighted by Gasteiger charge is 2.08. The van der Waals surface area contributed by atoms with Crippen LogP contribution in [0.2, 0.25) is 0 Å². The second-order valence-electron chi connectivity index (χ2n) is 4.30. The molecule has 0 aromatic heterocycles. The largest absolute Gasteiger partial charge is 0.271 e. The van der Waals surface area contributed by atoms with E-state index in [2.05, 4.69) is 50.1 Å². The van der Waals surface area contributed by atoms with E-state index >= 15 is 0 Å². The van der Waals surface area contributed by atoms with E-state index in [0.29, 0.717) is 6.04 Å². The number of hydrazine groups is 1. The van der Waals surface area contributed by atoms with Crippen LogP contribution in [0.25, 0.3) is 0 Å². The number of nitrogens with two attached hydrogens (primary N) is 1. The summed E-state index contributed by atoms with van der Waals surface area (Å²) in [7, 11) is 0. The van der Waals surface area contributed by atoms with Gasteiger partial charge in [0.1, 0.15) is 0 Å². The number of thioether (sulfide) groups is 1. The monoisotopic (exact) mass is 250 g/mol. The van der Waals surface area contributed by atoms with Crippen molar-refractivity contribution < 1.29 is 0 Å². The average molecular weight is 250 g/mol. The maximum Gasteiger partial charge on any atom is 0.0341 e. The minimum atomic E-state index is 0.299. The zero-order valence-electron chi connectivity index (χ0n) is 10.7. The molecule has 1 atom stereocenters. The molecule has 3 heteroatoms. The van der Waals surface area contributed by atoms with E-state index in [0.717, 1.165) is 18.6 Å². The van der Waals surface area contributed by atoms with E-state index < -0.39 is 0 Å². The fourth-order valence-corrected chi connectivity index (χ4v) is 2.61. The van der Waals surface area contributed by atoms with Crippen LogP contribution in [0, 0.1) is 6.92 Å². The van der Waals surface area contributed by atoms with Crippen molar-refractivity contribution in [2.24, 2.45) is 5.84 Å². The van der Waals surface area contributed by atoms with Gasteiger partial charge in [0.2, 0.25) is 0 Å². The maximum absolute atomic E-state index is 5.57. The molecule has 1 unspecified atom stereocenters. The zero-order valence-corrected chi connectivity index (χ0v) is 11.5. The van der Waals surface area contributed by atoms with E-state index in [1.807, 2.05) is 11.8 Å². The number of hydrogen-bond acceptors (Lipinski definition) is 3. The fraction of sp³-hybridized carbons (Fsp3) is 0.429. The van der Waals surface area contributed by atoms with Gasteiger partial charge in [-0.3, -0.25) is 11.3 Å². The Kier molecular flexibility index (Phi) is 6.34. The molecular formula is C14H22N2S. The smallest absolute Gasteiger partial charge is 0.0341 e. The molecule has 0 aliphatic heterocycles. The van der Waals surface area contributed by atoms with Gasteiger partial charge in [0, 0.05) is 16.7 Å². The van der Waals surface area contributed by atoms with E-state index in [1.165, 1.54) is 16.0 Å². The molecule has 0 radical (unpaired) electrons. The molecule has 0 aliphatic carbocycles. The highest BCUT2D eigenvalue weighted by molar-refractivity contribution is 7.99. The molecule has 0 aliphatic rings. The van der Waals surface area contributed by atoms with Crippen molar-refractivity contribution in [1.82, 2.24) is 5.43 Å². The summed E-state index contributed by atoms with van der Waals surface area (Å²) in [6.07, 6.45) is 1.97. The number of aryl methyl sites for hydroxylation is 1. The summed E-state index contributed by atoms with van der Waals surface area (Å²) in [6.45, 7) is 8.27. The molecule has 1 rings (SSSR count). The van der Waals surface area contributed by atoms with Crippen molar-refractivity contribution >= 4 is 11.8 Å². The Labute approximate surface area is 109 Å². The van der Waals surface area contributed by atoms with Crippen LogP contribution in [-0.4, -0.2) is 11.8 Å². The third-order valence-electron chi connectivity index (χ3n) is 2.71. The summed E-state index contributed by atoms with van der Waals surface area (Å²) in [6, 6.07) is 8.84. The Morgan fingerprint density at radius 3 is 2.88 bits per heavy atom. The lowest BCUT2D eigenvalue weighted by Crippen LogP contribution is -2.37. The van der Waals surface area contributed by atoms with Gasteiger partial charge >= 0.3 is 0 Å². The molecule has 0 heterocycles. The van der Waals surface area contributed by atoms with Crippen LogP contribution in [0.4, 0.5) is 0 Å². The number of rotatable bonds is 7. The van der Waals surface area contributed by atoms with Crippen LogP contribution in [0.15, 0.2) is 41.3 Å². The Bertz CT molecular complexity index is 363. The van der Waals surface area contributed by atoms with Crippen molar-refractivity contribution in [3.8, 4) is 0 Å². The lowest BCUT2D eigenvalue weighted by atomic mass is 10.1. The summed E-state index contributed by atoms with van der Waals surface area (Å²) < 4.78 is 0. The first kappa shape index (κ1) is 14.3. The first-order valence-electron chi connectivity index (χ1n) is 5.98. The maximum atomic E-state index is 5.57. The Balaban J connectivity index is 2.44. The minimum absolute atomic E-state index is 0.299. The van der Waals surface area contributed by atoms with Gasteiger partial charge in [-0.15, -0.1) is 11.8 Å². The van der Waals surface area contributed by atoms with E-state index in [4.69, 9.17) is 5.84 Å². The predicted molar refractivity (Wildman–Crippen MR) is 77.1 cm³/mol. The summed E-state index contributed by atoms with van der Waals surface area (Å²) in [5, 5.41) is 0. The van der Waals surface area contributed by atoms with Crippen LogP contribution in [0.1, 0.15) is 25.3 Å². The molecule has 0 bridgehead atoms. The lowest BCUT2D eigenvalue weighted by Gasteiger charge is -2.16. The molecule has 0 saturated carbocycles. The molecule has 0 amide bonds. The molecule has 0 fully saturated rings. The molecule has 0 saturated heterocycles. The van der Waals surface area contributed by atoms with Crippen LogP contribution in [0.5, 0.6) is 0 Å². The van der Waals surface area contributed by atoms with Crippen molar-refractivity contribution in [3.63, 3.8) is 0 Å². The first-order chi connectivity index (χ1) is 8.15. The van der Waals surface area contributed by atoms with Crippen LogP contribution < -0.4 is 11.3 Å². The fourth-order valence-electron chi connectivity index (χ4n) is 1.56. The van der Waals surface area contributed by atoms with Crippen molar-refractivity contribution in [1.29, 1.82) is 0 Å². The lowest BCUT2D eigenvalue weighted by molar-refractivity contribution is 0.568. The van der Waals surface area contributed by atoms with Gasteiger partial charge in [-0.1, -0.05) is 36.8 Å². The normalized spacial score (nSPS) is 12.4. The Hall–Kier alpha value is -0.770. The van der Waals surface area contributed by atoms with Crippen molar-refractivity contribution in [3.05, 3.63) is 42.0 Å². The summed E-state index contributed by atoms with van der Waals surface area (Å²) in [4.78, 5) is 1.30. The average Bonchev–Trinajstić information content (AvgIpc) is 2.34. The van der Waals surface area contributed by atoms with E-state index in [1.54, 1.807) is 0 Å². The molecule has 0 spiro atoms. The van der Waals surface area contributed by atoms with Gasteiger partial charge in [0.15, 0.2) is 0 Å². The molecule has 2 nitrogen and oxygen atoms in total. The third kappa shape index (κ3) is 5.39. The quantitative estimate of drug-likeness (QED) is 0.337. The number of nitrogens with one attached hydrogen (secondary N) is 1. The van der Waals surface area contributed by atoms with E-state index in [9.17, 15) is 0 Å². The predicted octanol–water partition coefficient (Wildman–Crippen LogP) is 3.28. The van der Waals surface area contributed by atoms with Gasteiger partial charge in [-0.25, -0.2) is 0 Å². The Morgan fingerprint density at radius 2 is 2.29 bits per heavy atom. The van der Waals surface area contributed by atoms with E-state index in [-0.39, 0.29) is 0 Å². The summed E-state index contributed by atoms with van der Waals surface area (Å²) in [5.74, 6) is 6.54. The molecule has 1 aromatic rings. The minimum Gasteiger partial charge on any atom is -0.271 e. The van der Waals surface area contributed by atoms with Gasteiger partial charge in [0.25, 0.3) is 0 Å². The molecular weight excluding hydrogens is 228 g/mol. The van der Waals surface area contributed by atoms with Crippen molar-refractivity contribution in [2.45, 2.75) is 37.6 Å². The van der Waals surface area contributed by atoms with Gasteiger partial charge in [0.05, 0.1) is 0 Å². The van der Waals surface area contributed by atoms with Crippen LogP contribution >= 0.6 is 11.8 Å². The third-order valence-corrected chi connectivity index (χ3v) is 3.87. The molecule has 1 aromatic carbocycles. The SMILES string of the molecule is C=C(CC)CC(CSc1cccc(C)c1)NN. The van der Waals surface area contributed by atoms with Crippen LogP contribution in [-0.2, 0) is 0 Å². The first-order valence-corrected chi connectivity index (χ1v) is 6.96. The second-order valence-corrected chi connectivity index (χ2v) is 5.39. The summed E-state index contributed by atoms with van der Waals surface area (Å²) >= 11 is 1.84. The second kappa shape index (κ2) is 7.54. The highest BCUT2D eigenvalue weighted by atomic mass is 32.2. The van der Waals surface area contributed by atoms with Gasteiger partial charge in [-0.05, 0) is 31.9 Å².